The van der Waals surface area contributed by atoms with E-state index in [1.807, 2.05) is 0 Å². The van der Waals surface area contributed by atoms with Gasteiger partial charge in [0.15, 0.2) is 0 Å². The Balaban J connectivity index is 3.01. The molecule has 4 nitrogen and oxygen atoms in total. The number of nitrogens with two attached hydrogens (primary N) is 1. The van der Waals surface area contributed by atoms with E-state index < -0.39 is 0 Å². The third-order valence-electron chi connectivity index (χ3n) is 3.55. The van der Waals surface area contributed by atoms with Crippen molar-refractivity contribution >= 4 is 11.3 Å². The molecule has 0 bridgehead atoms. The molecule has 2 N–H and O–H groups in total. The maximum atomic E-state index is 6.29. The third-order valence-corrected chi connectivity index (χ3v) is 4.64. The quantitative estimate of drug-likeness (QED) is 0.761. The van der Waals surface area contributed by atoms with Gasteiger partial charge in [-0.2, -0.15) is 0 Å². The van der Waals surface area contributed by atoms with Gasteiger partial charge in [0.1, 0.15) is 0 Å². The van der Waals surface area contributed by atoms with Gasteiger partial charge in [-0.25, -0.2) is 0 Å². The molecular weight excluding hydrogens is 272 g/mol. The molecule has 0 radical (unpaired) electrons. The van der Waals surface area contributed by atoms with Crippen LogP contribution in [0.15, 0.2) is 11.4 Å². The Morgan fingerprint density at radius 1 is 1.30 bits per heavy atom. The largest absolute Gasteiger partial charge is 0.383 e. The van der Waals surface area contributed by atoms with E-state index in [1.165, 1.54) is 10.4 Å². The number of hydrogen-bond donors (Lipinski definition) is 1. The van der Waals surface area contributed by atoms with E-state index in [2.05, 4.69) is 37.1 Å². The van der Waals surface area contributed by atoms with E-state index in [1.54, 1.807) is 25.6 Å². The molecule has 0 spiro atoms. The number of hydrogen-bond acceptors (Lipinski definition) is 5. The van der Waals surface area contributed by atoms with Crippen LogP contribution < -0.4 is 5.73 Å². The molecule has 1 aromatic rings. The van der Waals surface area contributed by atoms with Crippen molar-refractivity contribution in [2.24, 2.45) is 5.73 Å². The summed E-state index contributed by atoms with van der Waals surface area (Å²) in [5, 5.41) is 2.13. The van der Waals surface area contributed by atoms with Crippen molar-refractivity contribution < 1.29 is 9.47 Å². The highest BCUT2D eigenvalue weighted by Crippen LogP contribution is 2.32. The summed E-state index contributed by atoms with van der Waals surface area (Å²) < 4.78 is 10.6. The maximum absolute atomic E-state index is 6.29. The van der Waals surface area contributed by atoms with Crippen LogP contribution in [0.2, 0.25) is 0 Å². The van der Waals surface area contributed by atoms with Crippen molar-refractivity contribution in [2.45, 2.75) is 38.9 Å². The van der Waals surface area contributed by atoms with Gasteiger partial charge < -0.3 is 15.2 Å². The zero-order valence-electron chi connectivity index (χ0n) is 13.3. The lowest BCUT2D eigenvalue weighted by Gasteiger charge is -2.38. The molecule has 0 saturated heterocycles. The van der Waals surface area contributed by atoms with Crippen LogP contribution in [0.25, 0.3) is 0 Å². The lowest BCUT2D eigenvalue weighted by Crippen LogP contribution is -2.47. The normalized spacial score (nSPS) is 16.4. The average molecular weight is 300 g/mol. The van der Waals surface area contributed by atoms with Gasteiger partial charge in [0.05, 0.1) is 19.3 Å². The van der Waals surface area contributed by atoms with Crippen LogP contribution in [0, 0.1) is 6.92 Å². The van der Waals surface area contributed by atoms with Gasteiger partial charge >= 0.3 is 0 Å². The first-order chi connectivity index (χ1) is 9.52. The molecule has 0 amide bonds. The zero-order valence-corrected chi connectivity index (χ0v) is 14.1. The third kappa shape index (κ3) is 4.53. The van der Waals surface area contributed by atoms with Gasteiger partial charge in [-0.15, -0.1) is 11.3 Å². The minimum Gasteiger partial charge on any atom is -0.383 e. The van der Waals surface area contributed by atoms with Gasteiger partial charge in [-0.3, -0.25) is 4.90 Å². The SMILES string of the molecule is COCCN(C(C)COC)C(c1sccc1C)C(C)N. The van der Waals surface area contributed by atoms with Gasteiger partial charge in [0.25, 0.3) is 0 Å². The lowest BCUT2D eigenvalue weighted by molar-refractivity contribution is 0.0410. The van der Waals surface area contributed by atoms with Crippen molar-refractivity contribution in [1.82, 2.24) is 4.90 Å². The molecule has 1 aromatic heterocycles. The van der Waals surface area contributed by atoms with E-state index in [0.717, 1.165) is 6.54 Å². The summed E-state index contributed by atoms with van der Waals surface area (Å²) in [7, 11) is 3.47. The molecule has 0 aliphatic rings. The maximum Gasteiger partial charge on any atom is 0.0615 e. The van der Waals surface area contributed by atoms with E-state index in [-0.39, 0.29) is 12.1 Å². The first-order valence-electron chi connectivity index (χ1n) is 7.06. The molecule has 5 heteroatoms. The van der Waals surface area contributed by atoms with E-state index in [4.69, 9.17) is 15.2 Å². The van der Waals surface area contributed by atoms with E-state index in [9.17, 15) is 0 Å². The Morgan fingerprint density at radius 2 is 2.00 bits per heavy atom. The highest BCUT2D eigenvalue weighted by molar-refractivity contribution is 7.10. The van der Waals surface area contributed by atoms with Gasteiger partial charge in [-0.05, 0) is 37.8 Å². The molecule has 0 aliphatic heterocycles. The molecule has 0 aliphatic carbocycles. The first kappa shape index (κ1) is 17.6. The predicted octanol–water partition coefficient (Wildman–Crippen LogP) is 2.43. The smallest absolute Gasteiger partial charge is 0.0615 e. The van der Waals surface area contributed by atoms with Gasteiger partial charge in [0.2, 0.25) is 0 Å². The standard InChI is InChI=1S/C15H28N2O2S/c1-11-6-9-20-15(11)14(13(3)16)17(7-8-18-4)12(2)10-19-5/h6,9,12-14H,7-8,10,16H2,1-5H3. The molecule has 0 saturated carbocycles. The summed E-state index contributed by atoms with van der Waals surface area (Å²) in [6.07, 6.45) is 0. The number of nitrogens with zero attached hydrogens (tertiary/aromatic N) is 1. The topological polar surface area (TPSA) is 47.7 Å². The molecule has 0 aromatic carbocycles. The van der Waals surface area contributed by atoms with Crippen LogP contribution >= 0.6 is 11.3 Å². The summed E-state index contributed by atoms with van der Waals surface area (Å²) in [4.78, 5) is 3.75. The number of ether oxygens (including phenoxy) is 2. The van der Waals surface area contributed by atoms with E-state index >= 15 is 0 Å². The van der Waals surface area contributed by atoms with Crippen LogP contribution in [0.3, 0.4) is 0 Å². The molecule has 20 heavy (non-hydrogen) atoms. The molecule has 3 unspecified atom stereocenters. The van der Waals surface area contributed by atoms with Crippen molar-refractivity contribution in [3.8, 4) is 0 Å². The van der Waals surface area contributed by atoms with Gasteiger partial charge in [0, 0.05) is 37.7 Å². The minimum atomic E-state index is 0.0588. The molecule has 1 heterocycles. The fourth-order valence-electron chi connectivity index (χ4n) is 2.55. The van der Waals surface area contributed by atoms with Gasteiger partial charge in [-0.1, -0.05) is 0 Å². The van der Waals surface area contributed by atoms with Crippen molar-refractivity contribution in [3.05, 3.63) is 21.9 Å². The van der Waals surface area contributed by atoms with Crippen molar-refractivity contribution in [2.75, 3.05) is 34.0 Å². The second-order valence-electron chi connectivity index (χ2n) is 5.31. The Morgan fingerprint density at radius 3 is 2.45 bits per heavy atom. The van der Waals surface area contributed by atoms with E-state index in [0.29, 0.717) is 19.3 Å². The number of rotatable bonds is 9. The summed E-state index contributed by atoms with van der Waals surface area (Å²) in [6.45, 7) is 8.64. The molecule has 1 rings (SSSR count). The van der Waals surface area contributed by atoms with Crippen LogP contribution in [0.1, 0.15) is 30.3 Å². The summed E-state index contributed by atoms with van der Waals surface area (Å²) in [5.41, 5.74) is 7.60. The predicted molar refractivity (Wildman–Crippen MR) is 85.4 cm³/mol. The number of methoxy groups -OCH3 is 2. The highest BCUT2D eigenvalue weighted by Gasteiger charge is 2.29. The molecule has 0 fully saturated rings. The average Bonchev–Trinajstić information content (AvgIpc) is 2.80. The Hall–Kier alpha value is -0.460. The Labute approximate surface area is 126 Å². The number of thiophene rings is 1. The van der Waals surface area contributed by atoms with Crippen molar-refractivity contribution in [3.63, 3.8) is 0 Å². The Kier molecular flexibility index (Phi) is 7.69. The number of aryl methyl sites for hydroxylation is 1. The monoisotopic (exact) mass is 300 g/mol. The molecular formula is C15H28N2O2S. The zero-order chi connectivity index (χ0) is 15.1. The van der Waals surface area contributed by atoms with Crippen LogP contribution in [-0.2, 0) is 9.47 Å². The van der Waals surface area contributed by atoms with Crippen molar-refractivity contribution in [1.29, 1.82) is 0 Å². The summed E-state index contributed by atoms with van der Waals surface area (Å²) in [5.74, 6) is 0. The molecule has 116 valence electrons. The first-order valence-corrected chi connectivity index (χ1v) is 7.94. The second kappa shape index (κ2) is 8.74. The summed E-state index contributed by atoms with van der Waals surface area (Å²) in [6, 6.07) is 2.72. The summed E-state index contributed by atoms with van der Waals surface area (Å²) >= 11 is 1.78. The molecule has 3 atom stereocenters. The van der Waals surface area contributed by atoms with Crippen LogP contribution in [0.5, 0.6) is 0 Å². The second-order valence-corrected chi connectivity index (χ2v) is 6.25. The fourth-order valence-corrected chi connectivity index (χ4v) is 3.71. The van der Waals surface area contributed by atoms with Crippen LogP contribution in [-0.4, -0.2) is 51.0 Å². The highest BCUT2D eigenvalue weighted by atomic mass is 32.1. The fraction of sp³-hybridized carbons (Fsp3) is 0.733. The minimum absolute atomic E-state index is 0.0588. The Bertz CT molecular complexity index is 382. The van der Waals surface area contributed by atoms with Crippen LogP contribution in [0.4, 0.5) is 0 Å². The lowest BCUT2D eigenvalue weighted by atomic mass is 10.0.